The third-order valence-corrected chi connectivity index (χ3v) is 7.42. The molecule has 0 saturated heterocycles. The van der Waals surface area contributed by atoms with Crippen molar-refractivity contribution in [2.24, 2.45) is 0 Å². The first kappa shape index (κ1) is 20.4. The third-order valence-electron chi connectivity index (χ3n) is 6.06. The molecule has 0 N–H and O–H groups in total. The Morgan fingerprint density at radius 1 is 0.875 bits per heavy atom. The lowest BCUT2D eigenvalue weighted by molar-refractivity contribution is 0.596. The Labute approximate surface area is 193 Å². The van der Waals surface area contributed by atoms with E-state index < -0.39 is 0 Å². The first-order chi connectivity index (χ1) is 15.4. The minimum absolute atomic E-state index is 0.0324. The number of fused-ring (bicyclic) bond motifs is 2. The van der Waals surface area contributed by atoms with Gasteiger partial charge in [0.05, 0.1) is 17.0 Å². The zero-order valence-electron chi connectivity index (χ0n) is 18.7. The SMILES string of the molecule is [C-]#[N+]c1ccc(-c2sc3c(-c4cc(C(C)(C)C)c5ccccc5c4)nccc3c2C)cc1. The summed E-state index contributed by atoms with van der Waals surface area (Å²) >= 11 is 1.79. The van der Waals surface area contributed by atoms with E-state index in [-0.39, 0.29) is 5.41 Å². The van der Waals surface area contributed by atoms with Gasteiger partial charge in [-0.15, -0.1) is 11.3 Å². The van der Waals surface area contributed by atoms with Crippen LogP contribution in [0, 0.1) is 13.5 Å². The summed E-state index contributed by atoms with van der Waals surface area (Å²) in [5.41, 5.74) is 6.65. The van der Waals surface area contributed by atoms with Crippen LogP contribution in [0.1, 0.15) is 31.9 Å². The lowest BCUT2D eigenvalue weighted by atomic mass is 9.82. The summed E-state index contributed by atoms with van der Waals surface area (Å²) in [6.07, 6.45) is 1.93. The van der Waals surface area contributed by atoms with Gasteiger partial charge in [0.15, 0.2) is 5.69 Å². The Morgan fingerprint density at radius 3 is 2.34 bits per heavy atom. The minimum atomic E-state index is 0.0324. The summed E-state index contributed by atoms with van der Waals surface area (Å²) in [7, 11) is 0. The fourth-order valence-electron chi connectivity index (χ4n) is 4.38. The molecule has 0 aliphatic heterocycles. The van der Waals surface area contributed by atoms with Crippen LogP contribution in [0.2, 0.25) is 0 Å². The topological polar surface area (TPSA) is 17.2 Å². The summed E-state index contributed by atoms with van der Waals surface area (Å²) in [6.45, 7) is 16.2. The molecule has 0 amide bonds. The highest BCUT2D eigenvalue weighted by molar-refractivity contribution is 7.23. The lowest BCUT2D eigenvalue weighted by Gasteiger charge is -2.22. The van der Waals surface area contributed by atoms with Crippen LogP contribution in [-0.4, -0.2) is 4.98 Å². The first-order valence-electron chi connectivity index (χ1n) is 10.8. The number of benzene rings is 3. The molecule has 0 fully saturated rings. The molecule has 2 aromatic heterocycles. The van der Waals surface area contributed by atoms with Crippen LogP contribution >= 0.6 is 11.3 Å². The van der Waals surface area contributed by atoms with E-state index in [4.69, 9.17) is 11.6 Å². The molecule has 0 aliphatic rings. The summed E-state index contributed by atoms with van der Waals surface area (Å²) < 4.78 is 1.21. The molecule has 2 heterocycles. The first-order valence-corrected chi connectivity index (χ1v) is 11.6. The molecule has 3 heteroatoms. The van der Waals surface area contributed by atoms with E-state index in [1.54, 1.807) is 11.3 Å². The van der Waals surface area contributed by atoms with Gasteiger partial charge in [0.1, 0.15) is 0 Å². The van der Waals surface area contributed by atoms with Crippen LogP contribution in [-0.2, 0) is 5.41 Å². The van der Waals surface area contributed by atoms with Gasteiger partial charge in [-0.25, -0.2) is 4.85 Å². The molecule has 0 unspecified atom stereocenters. The van der Waals surface area contributed by atoms with E-state index in [2.05, 4.69) is 75.0 Å². The van der Waals surface area contributed by atoms with Crippen molar-refractivity contribution in [2.75, 3.05) is 0 Å². The molecule has 5 aromatic rings. The van der Waals surface area contributed by atoms with Crippen LogP contribution < -0.4 is 0 Å². The van der Waals surface area contributed by atoms with Gasteiger partial charge in [-0.1, -0.05) is 69.3 Å². The summed E-state index contributed by atoms with van der Waals surface area (Å²) in [5.74, 6) is 0. The fourth-order valence-corrected chi connectivity index (χ4v) is 5.70. The standard InChI is InChI=1S/C29H24N2S/c1-18-23-14-15-31-26(28(23)32-27(18)19-10-12-22(30-5)13-11-19)21-16-20-8-6-7-9-24(20)25(17-21)29(2,3)4/h6-17H,1-4H3. The van der Waals surface area contributed by atoms with E-state index in [1.807, 2.05) is 30.5 Å². The molecule has 2 nitrogen and oxygen atoms in total. The molecular formula is C29H24N2S. The number of aromatic nitrogens is 1. The van der Waals surface area contributed by atoms with Gasteiger partial charge in [-0.05, 0) is 63.4 Å². The van der Waals surface area contributed by atoms with E-state index >= 15 is 0 Å². The maximum atomic E-state index is 7.21. The predicted octanol–water partition coefficient (Wildman–Crippen LogP) is 8.94. The van der Waals surface area contributed by atoms with Crippen LogP contribution in [0.25, 0.3) is 47.4 Å². The second-order valence-electron chi connectivity index (χ2n) is 9.25. The number of rotatable bonds is 2. The second kappa shape index (κ2) is 7.58. The van der Waals surface area contributed by atoms with E-state index in [0.717, 1.165) is 16.8 Å². The highest BCUT2D eigenvalue weighted by Gasteiger charge is 2.20. The molecule has 0 saturated carbocycles. The van der Waals surface area contributed by atoms with Crippen LogP contribution in [0.3, 0.4) is 0 Å². The Bertz CT molecular complexity index is 1510. The highest BCUT2D eigenvalue weighted by Crippen LogP contribution is 2.43. The molecule has 0 aliphatic carbocycles. The summed E-state index contributed by atoms with van der Waals surface area (Å²) in [4.78, 5) is 9.61. The van der Waals surface area contributed by atoms with Gasteiger partial charge in [0.25, 0.3) is 0 Å². The van der Waals surface area contributed by atoms with Gasteiger partial charge in [-0.3, -0.25) is 4.98 Å². The summed E-state index contributed by atoms with van der Waals surface area (Å²) in [6, 6.07) is 23.2. The minimum Gasteiger partial charge on any atom is -0.255 e. The molecule has 32 heavy (non-hydrogen) atoms. The van der Waals surface area contributed by atoms with Crippen LogP contribution in [0.4, 0.5) is 5.69 Å². The molecule has 0 atom stereocenters. The lowest BCUT2D eigenvalue weighted by Crippen LogP contribution is -2.12. The highest BCUT2D eigenvalue weighted by atomic mass is 32.1. The Balaban J connectivity index is 1.75. The number of hydrogen-bond acceptors (Lipinski definition) is 2. The maximum Gasteiger partial charge on any atom is 0.187 e. The fraction of sp³-hybridized carbons (Fsp3) is 0.172. The Kier molecular flexibility index (Phi) is 4.84. The average molecular weight is 433 g/mol. The van der Waals surface area contributed by atoms with Gasteiger partial charge in [0, 0.05) is 16.6 Å². The number of aryl methyl sites for hydroxylation is 1. The van der Waals surface area contributed by atoms with E-state index in [9.17, 15) is 0 Å². The van der Waals surface area contributed by atoms with Crippen LogP contribution in [0.15, 0.2) is 72.9 Å². The number of nitrogens with zero attached hydrogens (tertiary/aromatic N) is 2. The molecule has 0 radical (unpaired) electrons. The van der Waals surface area contributed by atoms with Crippen molar-refractivity contribution in [3.05, 3.63) is 95.5 Å². The second-order valence-corrected chi connectivity index (χ2v) is 10.3. The van der Waals surface area contributed by atoms with E-state index in [1.165, 1.54) is 36.9 Å². The van der Waals surface area contributed by atoms with Gasteiger partial charge < -0.3 is 0 Å². The smallest absolute Gasteiger partial charge is 0.187 e. The number of thiophene rings is 1. The van der Waals surface area contributed by atoms with Gasteiger partial charge in [-0.2, -0.15) is 0 Å². The van der Waals surface area contributed by atoms with Crippen molar-refractivity contribution >= 4 is 37.9 Å². The zero-order valence-corrected chi connectivity index (χ0v) is 19.5. The largest absolute Gasteiger partial charge is 0.255 e. The monoisotopic (exact) mass is 432 g/mol. The predicted molar refractivity (Wildman–Crippen MR) is 138 cm³/mol. The molecule has 5 rings (SSSR count). The van der Waals surface area contributed by atoms with Crippen molar-refractivity contribution in [1.82, 2.24) is 4.98 Å². The van der Waals surface area contributed by atoms with Gasteiger partial charge >= 0.3 is 0 Å². The van der Waals surface area contributed by atoms with Crippen molar-refractivity contribution in [3.63, 3.8) is 0 Å². The van der Waals surface area contributed by atoms with E-state index in [0.29, 0.717) is 5.69 Å². The molecule has 0 spiro atoms. The van der Waals surface area contributed by atoms with Crippen molar-refractivity contribution in [1.29, 1.82) is 0 Å². The summed E-state index contributed by atoms with van der Waals surface area (Å²) in [5, 5.41) is 3.80. The molecule has 156 valence electrons. The zero-order chi connectivity index (χ0) is 22.5. The molecule has 0 bridgehead atoms. The normalized spacial score (nSPS) is 11.7. The van der Waals surface area contributed by atoms with Crippen LogP contribution in [0.5, 0.6) is 0 Å². The quantitative estimate of drug-likeness (QED) is 0.254. The number of pyridine rings is 1. The maximum absolute atomic E-state index is 7.21. The van der Waals surface area contributed by atoms with Crippen molar-refractivity contribution in [2.45, 2.75) is 33.1 Å². The Morgan fingerprint density at radius 2 is 1.62 bits per heavy atom. The van der Waals surface area contributed by atoms with Crippen molar-refractivity contribution < 1.29 is 0 Å². The van der Waals surface area contributed by atoms with Gasteiger partial charge in [0.2, 0.25) is 0 Å². The molecule has 3 aromatic carbocycles. The third kappa shape index (κ3) is 3.38. The molecular weight excluding hydrogens is 408 g/mol. The average Bonchev–Trinajstić information content (AvgIpc) is 3.14. The number of hydrogen-bond donors (Lipinski definition) is 0. The van der Waals surface area contributed by atoms with Crippen molar-refractivity contribution in [3.8, 4) is 21.7 Å². The Hall–Kier alpha value is -3.48.